The zero-order valence-electron chi connectivity index (χ0n) is 11.3. The van der Waals surface area contributed by atoms with Gasteiger partial charge in [-0.05, 0) is 31.2 Å². The van der Waals surface area contributed by atoms with Crippen molar-refractivity contribution in [2.24, 2.45) is 7.05 Å². The lowest BCUT2D eigenvalue weighted by Gasteiger charge is -1.95. The minimum Gasteiger partial charge on any atom is -0.338 e. The summed E-state index contributed by atoms with van der Waals surface area (Å²) in [6.45, 7) is 2.00. The predicted octanol–water partition coefficient (Wildman–Crippen LogP) is 2.82. The Kier molecular flexibility index (Phi) is 2.18. The summed E-state index contributed by atoms with van der Waals surface area (Å²) < 4.78 is 2.08. The van der Waals surface area contributed by atoms with E-state index in [9.17, 15) is 0 Å². The summed E-state index contributed by atoms with van der Waals surface area (Å²) in [7, 11) is 2.02. The first-order valence-electron chi connectivity index (χ1n) is 6.45. The number of hydrogen-bond donors (Lipinski definition) is 1. The monoisotopic (exact) mass is 263 g/mol. The molecule has 4 rings (SSSR count). The second-order valence-electron chi connectivity index (χ2n) is 4.90. The molecule has 0 aliphatic heterocycles. The van der Waals surface area contributed by atoms with Gasteiger partial charge in [-0.2, -0.15) is 0 Å². The van der Waals surface area contributed by atoms with Crippen molar-refractivity contribution >= 4 is 22.1 Å². The number of H-pyrrole nitrogens is 1. The highest BCUT2D eigenvalue weighted by molar-refractivity contribution is 5.93. The molecule has 1 N–H and O–H groups in total. The van der Waals surface area contributed by atoms with Crippen molar-refractivity contribution in [3.05, 3.63) is 42.5 Å². The summed E-state index contributed by atoms with van der Waals surface area (Å²) in [6.07, 6.45) is 3.54. The van der Waals surface area contributed by atoms with E-state index >= 15 is 0 Å². The number of fused-ring (bicyclic) bond motifs is 2. The van der Waals surface area contributed by atoms with Crippen LogP contribution in [0.4, 0.5) is 0 Å². The van der Waals surface area contributed by atoms with E-state index in [1.54, 1.807) is 12.4 Å². The third-order valence-corrected chi connectivity index (χ3v) is 3.66. The number of benzene rings is 1. The number of pyridine rings is 1. The average molecular weight is 263 g/mol. The van der Waals surface area contributed by atoms with E-state index in [1.807, 2.05) is 26.1 Å². The first-order chi connectivity index (χ1) is 9.72. The lowest BCUT2D eigenvalue weighted by atomic mass is 10.2. The summed E-state index contributed by atoms with van der Waals surface area (Å²) in [5, 5.41) is 0. The topological polar surface area (TPSA) is 59.4 Å². The molecular formula is C15H13N5. The number of aromatic nitrogens is 5. The van der Waals surface area contributed by atoms with Crippen molar-refractivity contribution in [2.45, 2.75) is 6.92 Å². The van der Waals surface area contributed by atoms with Crippen LogP contribution in [0.15, 0.2) is 36.7 Å². The van der Waals surface area contributed by atoms with Crippen LogP contribution in [0.5, 0.6) is 0 Å². The Hall–Kier alpha value is -2.69. The third-order valence-electron chi connectivity index (χ3n) is 3.66. The van der Waals surface area contributed by atoms with E-state index in [1.165, 1.54) is 0 Å². The second-order valence-corrected chi connectivity index (χ2v) is 4.90. The number of nitrogens with one attached hydrogen (secondary N) is 1. The number of hydrogen-bond acceptors (Lipinski definition) is 3. The molecule has 0 aliphatic rings. The maximum absolute atomic E-state index is 4.66. The van der Waals surface area contributed by atoms with Crippen LogP contribution in [0.25, 0.3) is 33.5 Å². The summed E-state index contributed by atoms with van der Waals surface area (Å²) in [6, 6.07) is 8.01. The van der Waals surface area contributed by atoms with Gasteiger partial charge in [0.25, 0.3) is 0 Å². The van der Waals surface area contributed by atoms with Crippen molar-refractivity contribution in [1.29, 1.82) is 0 Å². The second kappa shape index (κ2) is 3.90. The van der Waals surface area contributed by atoms with Crippen LogP contribution in [0, 0.1) is 6.92 Å². The molecule has 0 radical (unpaired) electrons. The van der Waals surface area contributed by atoms with Crippen LogP contribution < -0.4 is 0 Å². The maximum atomic E-state index is 4.66. The fourth-order valence-electron chi connectivity index (χ4n) is 2.46. The molecule has 5 nitrogen and oxygen atoms in total. The van der Waals surface area contributed by atoms with Crippen LogP contribution >= 0.6 is 0 Å². The largest absolute Gasteiger partial charge is 0.338 e. The van der Waals surface area contributed by atoms with Gasteiger partial charge < -0.3 is 9.55 Å². The molecule has 0 unspecified atom stereocenters. The number of imidazole rings is 2. The molecule has 3 heterocycles. The van der Waals surface area contributed by atoms with Gasteiger partial charge in [0.1, 0.15) is 11.6 Å². The van der Waals surface area contributed by atoms with Gasteiger partial charge in [0.2, 0.25) is 0 Å². The highest BCUT2D eigenvalue weighted by Crippen LogP contribution is 2.24. The van der Waals surface area contributed by atoms with Crippen molar-refractivity contribution in [1.82, 2.24) is 24.5 Å². The van der Waals surface area contributed by atoms with Gasteiger partial charge >= 0.3 is 0 Å². The summed E-state index contributed by atoms with van der Waals surface area (Å²) >= 11 is 0. The summed E-state index contributed by atoms with van der Waals surface area (Å²) in [4.78, 5) is 16.6. The first-order valence-corrected chi connectivity index (χ1v) is 6.45. The normalized spacial score (nSPS) is 11.5. The zero-order chi connectivity index (χ0) is 13.7. The minimum absolute atomic E-state index is 0.856. The Morgan fingerprint density at radius 2 is 1.85 bits per heavy atom. The molecule has 0 atom stereocenters. The van der Waals surface area contributed by atoms with Crippen molar-refractivity contribution in [2.75, 3.05) is 0 Å². The van der Waals surface area contributed by atoms with Crippen LogP contribution in [0.3, 0.4) is 0 Å². The van der Waals surface area contributed by atoms with Crippen molar-refractivity contribution in [3.63, 3.8) is 0 Å². The number of rotatable bonds is 1. The molecule has 0 amide bonds. The number of aryl methyl sites for hydroxylation is 2. The molecule has 4 aromatic rings. The molecule has 3 aromatic heterocycles. The maximum Gasteiger partial charge on any atom is 0.138 e. The Bertz CT molecular complexity index is 918. The average Bonchev–Trinajstić information content (AvgIpc) is 3.00. The molecule has 5 heteroatoms. The van der Waals surface area contributed by atoms with Crippen molar-refractivity contribution < 1.29 is 0 Å². The minimum atomic E-state index is 0.856. The predicted molar refractivity (Wildman–Crippen MR) is 78.3 cm³/mol. The number of nitrogens with zero attached hydrogens (tertiary/aromatic N) is 4. The fraction of sp³-hybridized carbons (Fsp3) is 0.133. The van der Waals surface area contributed by atoms with Gasteiger partial charge in [-0.25, -0.2) is 9.97 Å². The summed E-state index contributed by atoms with van der Waals surface area (Å²) in [5.74, 6) is 1.86. The molecule has 0 aliphatic carbocycles. The van der Waals surface area contributed by atoms with Gasteiger partial charge in [-0.1, -0.05) is 0 Å². The lowest BCUT2D eigenvalue weighted by Crippen LogP contribution is -1.89. The van der Waals surface area contributed by atoms with Crippen LogP contribution in [0.1, 0.15) is 5.82 Å². The quantitative estimate of drug-likeness (QED) is 0.574. The van der Waals surface area contributed by atoms with Crippen LogP contribution in [0.2, 0.25) is 0 Å². The first kappa shape index (κ1) is 11.2. The Labute approximate surface area is 115 Å². The molecular weight excluding hydrogens is 250 g/mol. The number of aromatic amines is 1. The van der Waals surface area contributed by atoms with Crippen LogP contribution in [-0.2, 0) is 7.05 Å². The Morgan fingerprint density at radius 3 is 2.65 bits per heavy atom. The SMILES string of the molecule is Cc1nc2cc3[nH]c(-c4ccncc4)nc3cc2n1C. The van der Waals surface area contributed by atoms with Gasteiger partial charge in [-0.3, -0.25) is 4.98 Å². The molecule has 20 heavy (non-hydrogen) atoms. The Balaban J connectivity index is 1.98. The van der Waals surface area contributed by atoms with E-state index in [0.29, 0.717) is 0 Å². The molecule has 1 aromatic carbocycles. The van der Waals surface area contributed by atoms with E-state index in [-0.39, 0.29) is 0 Å². The molecule has 0 saturated carbocycles. The van der Waals surface area contributed by atoms with E-state index in [0.717, 1.165) is 39.3 Å². The van der Waals surface area contributed by atoms with Gasteiger partial charge in [0.15, 0.2) is 0 Å². The van der Waals surface area contributed by atoms with Crippen LogP contribution in [-0.4, -0.2) is 24.5 Å². The highest BCUT2D eigenvalue weighted by atomic mass is 15.1. The molecule has 0 bridgehead atoms. The van der Waals surface area contributed by atoms with E-state index < -0.39 is 0 Å². The van der Waals surface area contributed by atoms with Gasteiger partial charge in [0, 0.05) is 25.0 Å². The van der Waals surface area contributed by atoms with Gasteiger partial charge in [-0.15, -0.1) is 0 Å². The van der Waals surface area contributed by atoms with Gasteiger partial charge in [0.05, 0.1) is 22.1 Å². The smallest absolute Gasteiger partial charge is 0.138 e. The fourth-order valence-corrected chi connectivity index (χ4v) is 2.46. The summed E-state index contributed by atoms with van der Waals surface area (Å²) in [5.41, 5.74) is 5.07. The molecule has 98 valence electrons. The zero-order valence-corrected chi connectivity index (χ0v) is 11.3. The lowest BCUT2D eigenvalue weighted by molar-refractivity contribution is 0.886. The standard InChI is InChI=1S/C15H13N5/c1-9-17-13-7-11-12(8-14(13)20(9)2)19-15(18-11)10-3-5-16-6-4-10/h3-8H,1-2H3,(H,18,19). The molecule has 0 spiro atoms. The Morgan fingerprint density at radius 1 is 1.05 bits per heavy atom. The third kappa shape index (κ3) is 1.53. The van der Waals surface area contributed by atoms with E-state index in [2.05, 4.69) is 36.6 Å². The van der Waals surface area contributed by atoms with E-state index in [4.69, 9.17) is 0 Å². The van der Waals surface area contributed by atoms with Crippen molar-refractivity contribution in [3.8, 4) is 11.4 Å². The highest BCUT2D eigenvalue weighted by Gasteiger charge is 2.10. The molecule has 0 saturated heterocycles. The molecule has 0 fully saturated rings.